The Kier molecular flexibility index (Phi) is 7.18. The highest BCUT2D eigenvalue weighted by Crippen LogP contribution is 2.35. The van der Waals surface area contributed by atoms with Crippen LogP contribution in [0.1, 0.15) is 28.6 Å². The first-order valence-corrected chi connectivity index (χ1v) is 11.8. The molecule has 0 bridgehead atoms. The molecule has 9 heteroatoms. The quantitative estimate of drug-likeness (QED) is 0.430. The third kappa shape index (κ3) is 5.35. The van der Waals surface area contributed by atoms with Gasteiger partial charge in [0.25, 0.3) is 5.91 Å². The molecule has 1 amide bonds. The molecule has 32 heavy (non-hydrogen) atoms. The maximum Gasteiger partial charge on any atom is 0.309 e. The summed E-state index contributed by atoms with van der Waals surface area (Å²) in [5, 5.41) is 9.96. The van der Waals surface area contributed by atoms with Crippen molar-refractivity contribution < 1.29 is 23.8 Å². The first kappa shape index (κ1) is 22.0. The number of rotatable bonds is 9. The molecule has 166 valence electrons. The second kappa shape index (κ2) is 10.4. The van der Waals surface area contributed by atoms with Crippen LogP contribution in [-0.4, -0.2) is 42.9 Å². The fourth-order valence-corrected chi connectivity index (χ4v) is 4.77. The molecule has 3 heterocycles. The van der Waals surface area contributed by atoms with Crippen molar-refractivity contribution in [2.75, 3.05) is 20.3 Å². The van der Waals surface area contributed by atoms with E-state index in [9.17, 15) is 9.59 Å². The van der Waals surface area contributed by atoms with Crippen molar-refractivity contribution in [3.8, 4) is 11.5 Å². The van der Waals surface area contributed by atoms with E-state index < -0.39 is 5.97 Å². The van der Waals surface area contributed by atoms with E-state index in [0.29, 0.717) is 12.2 Å². The third-order valence-electron chi connectivity index (χ3n) is 4.83. The van der Waals surface area contributed by atoms with Crippen LogP contribution in [0.5, 0.6) is 11.5 Å². The minimum atomic E-state index is -0.499. The number of hydrogen-bond acceptors (Lipinski definition) is 8. The summed E-state index contributed by atoms with van der Waals surface area (Å²) in [7, 11) is 1.59. The summed E-state index contributed by atoms with van der Waals surface area (Å²) in [4.78, 5) is 27.0. The lowest BCUT2D eigenvalue weighted by molar-refractivity contribution is -0.153. The van der Waals surface area contributed by atoms with Crippen molar-refractivity contribution >= 4 is 40.3 Å². The van der Waals surface area contributed by atoms with Gasteiger partial charge in [-0.1, -0.05) is 12.1 Å². The van der Waals surface area contributed by atoms with Crippen molar-refractivity contribution in [1.82, 2.24) is 5.01 Å². The molecule has 1 atom stereocenters. The van der Waals surface area contributed by atoms with Gasteiger partial charge >= 0.3 is 5.97 Å². The highest BCUT2D eigenvalue weighted by atomic mass is 32.1. The number of benzene rings is 1. The van der Waals surface area contributed by atoms with Crippen molar-refractivity contribution in [2.45, 2.75) is 18.9 Å². The Morgan fingerprint density at radius 2 is 1.81 bits per heavy atom. The topological polar surface area (TPSA) is 77.4 Å². The van der Waals surface area contributed by atoms with Crippen LogP contribution in [0.25, 0.3) is 0 Å². The lowest BCUT2D eigenvalue weighted by Gasteiger charge is -2.20. The van der Waals surface area contributed by atoms with E-state index in [0.717, 1.165) is 21.2 Å². The summed E-state index contributed by atoms with van der Waals surface area (Å²) in [5.74, 6) is 0.504. The number of carbonyl (C=O) groups is 2. The highest BCUT2D eigenvalue weighted by molar-refractivity contribution is 7.12. The number of nitrogens with zero attached hydrogens (tertiary/aromatic N) is 2. The molecule has 7 nitrogen and oxygen atoms in total. The summed E-state index contributed by atoms with van der Waals surface area (Å²) < 4.78 is 15.8. The van der Waals surface area contributed by atoms with E-state index in [1.54, 1.807) is 54.0 Å². The summed E-state index contributed by atoms with van der Waals surface area (Å²) in [6, 6.07) is 14.8. The Hall–Kier alpha value is -3.17. The van der Waals surface area contributed by atoms with Gasteiger partial charge in [-0.3, -0.25) is 9.59 Å². The third-order valence-corrected chi connectivity index (χ3v) is 6.73. The molecule has 0 spiro atoms. The monoisotopic (exact) mass is 470 g/mol. The fraction of sp³-hybridized carbons (Fsp3) is 0.261. The number of thiophene rings is 2. The van der Waals surface area contributed by atoms with Crippen molar-refractivity contribution in [3.05, 3.63) is 69.0 Å². The van der Waals surface area contributed by atoms with E-state index >= 15 is 0 Å². The zero-order chi connectivity index (χ0) is 22.3. The molecule has 2 aromatic heterocycles. The van der Waals surface area contributed by atoms with Crippen molar-refractivity contribution in [3.63, 3.8) is 0 Å². The number of methoxy groups -OCH3 is 1. The summed E-state index contributed by atoms with van der Waals surface area (Å²) in [5.41, 5.74) is 0.867. The number of hydrazone groups is 1. The lowest BCUT2D eigenvalue weighted by Crippen LogP contribution is -2.31. The number of esters is 1. The van der Waals surface area contributed by atoms with Gasteiger partial charge in [0.15, 0.2) is 6.61 Å². The molecule has 0 saturated heterocycles. The number of carbonyl (C=O) groups excluding carboxylic acids is 2. The van der Waals surface area contributed by atoms with Crippen molar-refractivity contribution in [2.24, 2.45) is 5.10 Å². The van der Waals surface area contributed by atoms with Crippen LogP contribution in [0.15, 0.2) is 64.4 Å². The largest absolute Gasteiger partial charge is 0.497 e. The molecule has 0 radical (unpaired) electrons. The Labute approximate surface area is 193 Å². The van der Waals surface area contributed by atoms with Crippen LogP contribution < -0.4 is 9.47 Å². The van der Waals surface area contributed by atoms with Gasteiger partial charge < -0.3 is 14.2 Å². The van der Waals surface area contributed by atoms with Crippen LogP contribution in [0, 0.1) is 0 Å². The van der Waals surface area contributed by atoms with Crippen molar-refractivity contribution in [1.29, 1.82) is 0 Å². The molecule has 1 aliphatic rings. The normalized spacial score (nSPS) is 15.3. The Morgan fingerprint density at radius 1 is 1.06 bits per heavy atom. The number of hydrogen-bond donors (Lipinski definition) is 0. The minimum absolute atomic E-state index is 0.0391. The average Bonchev–Trinajstić information content (AvgIpc) is 3.58. The summed E-state index contributed by atoms with van der Waals surface area (Å²) in [6.07, 6.45) is 0.674. The Balaban J connectivity index is 1.29. The summed E-state index contributed by atoms with van der Waals surface area (Å²) >= 11 is 3.17. The predicted octanol–water partition coefficient (Wildman–Crippen LogP) is 4.51. The minimum Gasteiger partial charge on any atom is -0.497 e. The molecule has 1 unspecified atom stereocenters. The van der Waals surface area contributed by atoms with Gasteiger partial charge in [0.2, 0.25) is 0 Å². The van der Waals surface area contributed by atoms with E-state index in [1.807, 2.05) is 35.0 Å². The molecule has 4 rings (SSSR count). The van der Waals surface area contributed by atoms with Gasteiger partial charge in [0.05, 0.1) is 36.8 Å². The van der Waals surface area contributed by atoms with E-state index in [1.165, 1.54) is 5.01 Å². The standard InChI is InChI=1S/C23H22N2O5S2/c1-28-16-6-8-17(9-7-16)29-11-10-23(27)30-15-22(26)25-19(21-5-3-13-32-21)14-18(24-25)20-4-2-12-31-20/h2-9,12-13,19H,10-11,14-15H2,1H3. The highest BCUT2D eigenvalue weighted by Gasteiger charge is 2.34. The number of ether oxygens (including phenoxy) is 3. The first-order chi connectivity index (χ1) is 15.6. The van der Waals surface area contributed by atoms with Crippen LogP contribution >= 0.6 is 22.7 Å². The van der Waals surface area contributed by atoms with E-state index in [4.69, 9.17) is 14.2 Å². The zero-order valence-corrected chi connectivity index (χ0v) is 19.1. The average molecular weight is 471 g/mol. The van der Waals surface area contributed by atoms with Crippen LogP contribution in [0.2, 0.25) is 0 Å². The molecule has 1 aliphatic heterocycles. The smallest absolute Gasteiger partial charge is 0.309 e. The van der Waals surface area contributed by atoms with Crippen LogP contribution in [0.4, 0.5) is 0 Å². The zero-order valence-electron chi connectivity index (χ0n) is 17.4. The Bertz CT molecular complexity index is 1060. The maximum atomic E-state index is 12.8. The number of amides is 1. The molecular weight excluding hydrogens is 448 g/mol. The van der Waals surface area contributed by atoms with Gasteiger partial charge in [-0.2, -0.15) is 5.10 Å². The fourth-order valence-electron chi connectivity index (χ4n) is 3.24. The van der Waals surface area contributed by atoms with Gasteiger partial charge in [-0.25, -0.2) is 5.01 Å². The van der Waals surface area contributed by atoms with E-state index in [2.05, 4.69) is 5.10 Å². The van der Waals surface area contributed by atoms with Gasteiger partial charge in [-0.15, -0.1) is 22.7 Å². The molecule has 0 aliphatic carbocycles. The van der Waals surface area contributed by atoms with Gasteiger partial charge in [-0.05, 0) is 47.2 Å². The molecule has 0 saturated carbocycles. The maximum absolute atomic E-state index is 12.8. The summed E-state index contributed by atoms with van der Waals surface area (Å²) in [6.45, 7) is -0.202. The van der Waals surface area contributed by atoms with Crippen LogP contribution in [0.3, 0.4) is 0 Å². The van der Waals surface area contributed by atoms with Gasteiger partial charge in [0, 0.05) is 11.3 Å². The molecule has 3 aromatic rings. The van der Waals surface area contributed by atoms with E-state index in [-0.39, 0.29) is 31.6 Å². The predicted molar refractivity (Wildman–Crippen MR) is 123 cm³/mol. The van der Waals surface area contributed by atoms with Gasteiger partial charge in [0.1, 0.15) is 11.5 Å². The first-order valence-electron chi connectivity index (χ1n) is 10.0. The molecule has 1 aromatic carbocycles. The molecule has 0 fully saturated rings. The second-order valence-corrected chi connectivity index (χ2v) is 8.86. The SMILES string of the molecule is COc1ccc(OCCC(=O)OCC(=O)N2N=C(c3cccs3)CC2c2cccs2)cc1. The molecule has 0 N–H and O–H groups in total. The lowest BCUT2D eigenvalue weighted by atomic mass is 10.1. The van der Waals surface area contributed by atoms with Crippen LogP contribution in [-0.2, 0) is 14.3 Å². The Morgan fingerprint density at radius 3 is 2.50 bits per heavy atom. The second-order valence-electron chi connectivity index (χ2n) is 6.93. The molecular formula is C23H22N2O5S2.